The second kappa shape index (κ2) is 12.0. The van der Waals surface area contributed by atoms with E-state index in [9.17, 15) is 0 Å². The normalized spacial score (nSPS) is 17.5. The summed E-state index contributed by atoms with van der Waals surface area (Å²) in [5.41, 5.74) is 0. The number of alkyl halides is 1. The van der Waals surface area contributed by atoms with Gasteiger partial charge in [0.05, 0.1) is 4.58 Å². The second-order valence-electron chi connectivity index (χ2n) is 4.83. The van der Waals surface area contributed by atoms with Gasteiger partial charge in [-0.05, 0) is 30.8 Å². The van der Waals surface area contributed by atoms with Crippen LogP contribution in [-0.2, 0) is 0 Å². The fourth-order valence-corrected chi connectivity index (χ4v) is 5.32. The molecule has 1 fully saturated rings. The number of hydrogen-bond acceptors (Lipinski definition) is 2. The Balaban J connectivity index is 1.75. The van der Waals surface area contributed by atoms with Crippen molar-refractivity contribution >= 4 is 35.1 Å². The summed E-state index contributed by atoms with van der Waals surface area (Å²) in [4.78, 5) is 0. The van der Waals surface area contributed by atoms with Crippen molar-refractivity contribution in [2.45, 2.75) is 68.8 Å². The van der Waals surface area contributed by atoms with Crippen LogP contribution in [0.25, 0.3) is 0 Å². The van der Waals surface area contributed by atoms with Gasteiger partial charge >= 0.3 is 0 Å². The molecule has 1 aliphatic rings. The SMILES string of the molecule is ClCCCCCCCCCCC1SCCCS1. The minimum Gasteiger partial charge on any atom is -0.148 e. The standard InChI is InChI=1S/C14H27ClS2/c15-11-8-6-4-2-1-3-5-7-10-14-16-12-9-13-17-14/h14H,1-13H2. The van der Waals surface area contributed by atoms with Gasteiger partial charge in [-0.2, -0.15) is 0 Å². The highest BCUT2D eigenvalue weighted by atomic mass is 35.5. The zero-order valence-corrected chi connectivity index (χ0v) is 13.4. The van der Waals surface area contributed by atoms with E-state index in [-0.39, 0.29) is 0 Å². The Morgan fingerprint density at radius 1 is 0.765 bits per heavy atom. The Bertz CT molecular complexity index is 158. The van der Waals surface area contributed by atoms with Gasteiger partial charge in [0, 0.05) is 5.88 Å². The Hall–Kier alpha value is 0.990. The highest BCUT2D eigenvalue weighted by Crippen LogP contribution is 2.34. The van der Waals surface area contributed by atoms with Crippen LogP contribution in [0, 0.1) is 0 Å². The lowest BCUT2D eigenvalue weighted by Gasteiger charge is -2.20. The molecule has 0 amide bonds. The lowest BCUT2D eigenvalue weighted by Crippen LogP contribution is -2.06. The van der Waals surface area contributed by atoms with Gasteiger partial charge in [0.2, 0.25) is 0 Å². The monoisotopic (exact) mass is 294 g/mol. The summed E-state index contributed by atoms with van der Waals surface area (Å²) >= 11 is 10.0. The van der Waals surface area contributed by atoms with E-state index in [1.54, 1.807) is 0 Å². The van der Waals surface area contributed by atoms with E-state index in [4.69, 9.17) is 11.6 Å². The van der Waals surface area contributed by atoms with E-state index >= 15 is 0 Å². The van der Waals surface area contributed by atoms with Crippen LogP contribution in [-0.4, -0.2) is 22.0 Å². The van der Waals surface area contributed by atoms with E-state index in [0.717, 1.165) is 10.5 Å². The predicted octanol–water partition coefficient (Wildman–Crippen LogP) is 5.93. The largest absolute Gasteiger partial charge is 0.148 e. The van der Waals surface area contributed by atoms with Crippen LogP contribution in [0.1, 0.15) is 64.2 Å². The summed E-state index contributed by atoms with van der Waals surface area (Å²) in [6.45, 7) is 0. The van der Waals surface area contributed by atoms with Crippen LogP contribution in [0.5, 0.6) is 0 Å². The topological polar surface area (TPSA) is 0 Å². The molecule has 0 aromatic heterocycles. The van der Waals surface area contributed by atoms with Gasteiger partial charge in [0.15, 0.2) is 0 Å². The molecule has 1 rings (SSSR count). The molecule has 0 saturated carbocycles. The van der Waals surface area contributed by atoms with Crippen LogP contribution in [0.3, 0.4) is 0 Å². The lowest BCUT2D eigenvalue weighted by molar-refractivity contribution is 0.572. The van der Waals surface area contributed by atoms with Gasteiger partial charge in [0.1, 0.15) is 0 Å². The van der Waals surface area contributed by atoms with Gasteiger partial charge < -0.3 is 0 Å². The molecule has 0 N–H and O–H groups in total. The van der Waals surface area contributed by atoms with E-state index in [1.807, 2.05) is 0 Å². The molecule has 0 aliphatic carbocycles. The fourth-order valence-electron chi connectivity index (χ4n) is 2.17. The third kappa shape index (κ3) is 9.55. The summed E-state index contributed by atoms with van der Waals surface area (Å²) in [5.74, 6) is 3.65. The lowest BCUT2D eigenvalue weighted by atomic mass is 10.1. The predicted molar refractivity (Wildman–Crippen MR) is 85.6 cm³/mol. The average Bonchev–Trinajstić information content (AvgIpc) is 2.38. The molecular formula is C14H27ClS2. The van der Waals surface area contributed by atoms with Crippen molar-refractivity contribution in [1.82, 2.24) is 0 Å². The van der Waals surface area contributed by atoms with Crippen molar-refractivity contribution in [2.24, 2.45) is 0 Å². The Kier molecular flexibility index (Phi) is 11.4. The molecule has 102 valence electrons. The Morgan fingerprint density at radius 3 is 1.88 bits per heavy atom. The molecule has 1 heterocycles. The summed E-state index contributed by atoms with van der Waals surface area (Å²) in [7, 11) is 0. The maximum Gasteiger partial charge on any atom is 0.0502 e. The first kappa shape index (κ1) is 16.0. The number of hydrogen-bond donors (Lipinski definition) is 0. The third-order valence-corrected chi connectivity index (χ3v) is 6.57. The molecule has 17 heavy (non-hydrogen) atoms. The molecule has 0 unspecified atom stereocenters. The number of rotatable bonds is 10. The second-order valence-corrected chi connectivity index (χ2v) is 8.13. The zero-order chi connectivity index (χ0) is 12.2. The summed E-state index contributed by atoms with van der Waals surface area (Å²) in [6, 6.07) is 0. The molecule has 3 heteroatoms. The Labute approximate surface area is 121 Å². The summed E-state index contributed by atoms with van der Waals surface area (Å²) in [6.07, 6.45) is 14.0. The highest BCUT2D eigenvalue weighted by molar-refractivity contribution is 8.17. The van der Waals surface area contributed by atoms with Crippen LogP contribution in [0.15, 0.2) is 0 Å². The first-order valence-electron chi connectivity index (χ1n) is 7.22. The minimum absolute atomic E-state index is 0.844. The first-order chi connectivity index (χ1) is 8.43. The van der Waals surface area contributed by atoms with Crippen LogP contribution in [0.2, 0.25) is 0 Å². The van der Waals surface area contributed by atoms with Crippen molar-refractivity contribution in [3.05, 3.63) is 0 Å². The van der Waals surface area contributed by atoms with Crippen molar-refractivity contribution in [1.29, 1.82) is 0 Å². The highest BCUT2D eigenvalue weighted by Gasteiger charge is 2.13. The smallest absolute Gasteiger partial charge is 0.0502 e. The number of unbranched alkanes of at least 4 members (excludes halogenated alkanes) is 7. The maximum absolute atomic E-state index is 5.65. The molecule has 0 bridgehead atoms. The van der Waals surface area contributed by atoms with E-state index in [2.05, 4.69) is 23.5 Å². The first-order valence-corrected chi connectivity index (χ1v) is 9.86. The van der Waals surface area contributed by atoms with Crippen molar-refractivity contribution in [2.75, 3.05) is 17.4 Å². The van der Waals surface area contributed by atoms with Gasteiger partial charge in [-0.15, -0.1) is 35.1 Å². The minimum atomic E-state index is 0.844. The molecular weight excluding hydrogens is 268 g/mol. The van der Waals surface area contributed by atoms with Crippen molar-refractivity contribution in [3.63, 3.8) is 0 Å². The molecule has 0 atom stereocenters. The van der Waals surface area contributed by atoms with Crippen LogP contribution < -0.4 is 0 Å². The Morgan fingerprint density at radius 2 is 1.29 bits per heavy atom. The molecule has 0 radical (unpaired) electrons. The van der Waals surface area contributed by atoms with Crippen LogP contribution >= 0.6 is 35.1 Å². The molecule has 1 aliphatic heterocycles. The molecule has 0 aromatic rings. The molecule has 1 saturated heterocycles. The van der Waals surface area contributed by atoms with Gasteiger partial charge in [-0.25, -0.2) is 0 Å². The average molecular weight is 295 g/mol. The van der Waals surface area contributed by atoms with Crippen molar-refractivity contribution < 1.29 is 0 Å². The quantitative estimate of drug-likeness (QED) is 0.362. The van der Waals surface area contributed by atoms with E-state index < -0.39 is 0 Å². The molecule has 0 aromatic carbocycles. The molecule has 0 spiro atoms. The molecule has 0 nitrogen and oxygen atoms in total. The number of halogens is 1. The number of thioether (sulfide) groups is 2. The van der Waals surface area contributed by atoms with Crippen molar-refractivity contribution in [3.8, 4) is 0 Å². The zero-order valence-electron chi connectivity index (χ0n) is 11.0. The van der Waals surface area contributed by atoms with Gasteiger partial charge in [-0.1, -0.05) is 44.9 Å². The maximum atomic E-state index is 5.65. The third-order valence-electron chi connectivity index (χ3n) is 3.22. The fraction of sp³-hybridized carbons (Fsp3) is 1.00. The van der Waals surface area contributed by atoms with E-state index in [1.165, 1.54) is 75.7 Å². The van der Waals surface area contributed by atoms with Gasteiger partial charge in [-0.3, -0.25) is 0 Å². The van der Waals surface area contributed by atoms with Gasteiger partial charge in [0.25, 0.3) is 0 Å². The summed E-state index contributed by atoms with van der Waals surface area (Å²) in [5, 5.41) is 0. The summed E-state index contributed by atoms with van der Waals surface area (Å²) < 4.78 is 0.924. The van der Waals surface area contributed by atoms with Crippen LogP contribution in [0.4, 0.5) is 0 Å². The van der Waals surface area contributed by atoms with E-state index in [0.29, 0.717) is 0 Å².